The molecule has 1 fully saturated rings. The molecule has 0 aliphatic carbocycles. The van der Waals surface area contributed by atoms with E-state index in [9.17, 15) is 0 Å². The number of allylic oxidation sites excluding steroid dienone is 4. The Hall–Kier alpha value is -0.350. The van der Waals surface area contributed by atoms with E-state index in [2.05, 4.69) is 45.8 Å². The average molecular weight is 280 g/mol. The van der Waals surface area contributed by atoms with Crippen LogP contribution in [0.3, 0.4) is 0 Å². The molecule has 0 spiro atoms. The molecule has 0 amide bonds. The SMILES string of the molecule is C=C/C=C(\C=C)P1(C)(CC(CC)CCCC)CCC1. The van der Waals surface area contributed by atoms with Gasteiger partial charge in [-0.2, -0.15) is 0 Å². The molecule has 1 atom stereocenters. The Morgan fingerprint density at radius 3 is 2.32 bits per heavy atom. The first kappa shape index (κ1) is 16.7. The number of hydrogen-bond acceptors (Lipinski definition) is 0. The molecular formula is C18H33P. The molecule has 1 heteroatoms. The topological polar surface area (TPSA) is 0 Å². The Kier molecular flexibility index (Phi) is 6.06. The van der Waals surface area contributed by atoms with Gasteiger partial charge in [0.2, 0.25) is 0 Å². The van der Waals surface area contributed by atoms with E-state index in [0.717, 1.165) is 5.92 Å². The molecule has 1 unspecified atom stereocenters. The van der Waals surface area contributed by atoms with Crippen LogP contribution in [0, 0.1) is 5.92 Å². The van der Waals surface area contributed by atoms with Gasteiger partial charge < -0.3 is 0 Å². The first-order chi connectivity index (χ1) is 9.02. The molecule has 0 radical (unpaired) electrons. The van der Waals surface area contributed by atoms with Crippen LogP contribution in [0.25, 0.3) is 0 Å². The molecule has 1 rings (SSSR count). The van der Waals surface area contributed by atoms with E-state index >= 15 is 0 Å². The molecule has 1 aliphatic heterocycles. The summed E-state index contributed by atoms with van der Waals surface area (Å²) in [5, 5.41) is 1.54. The van der Waals surface area contributed by atoms with Gasteiger partial charge in [0.1, 0.15) is 0 Å². The Balaban J connectivity index is 2.92. The third kappa shape index (κ3) is 3.60. The van der Waals surface area contributed by atoms with E-state index in [1.807, 2.05) is 6.08 Å². The van der Waals surface area contributed by atoms with Crippen LogP contribution in [-0.2, 0) is 0 Å². The van der Waals surface area contributed by atoms with Crippen molar-refractivity contribution in [3.05, 3.63) is 36.7 Å². The maximum atomic E-state index is 4.08. The molecule has 0 aromatic carbocycles. The van der Waals surface area contributed by atoms with Crippen LogP contribution in [0.1, 0.15) is 46.0 Å². The molecule has 0 bridgehead atoms. The van der Waals surface area contributed by atoms with Gasteiger partial charge in [-0.25, -0.2) is 0 Å². The van der Waals surface area contributed by atoms with Gasteiger partial charge in [-0.3, -0.25) is 0 Å². The van der Waals surface area contributed by atoms with Crippen LogP contribution in [0.4, 0.5) is 0 Å². The van der Waals surface area contributed by atoms with Crippen LogP contribution in [0.2, 0.25) is 0 Å². The molecular weight excluding hydrogens is 247 g/mol. The Labute approximate surface area is 121 Å². The van der Waals surface area contributed by atoms with Gasteiger partial charge in [0.25, 0.3) is 0 Å². The van der Waals surface area contributed by atoms with E-state index < -0.39 is 6.60 Å². The molecule has 19 heavy (non-hydrogen) atoms. The van der Waals surface area contributed by atoms with Gasteiger partial charge in [0.05, 0.1) is 0 Å². The van der Waals surface area contributed by atoms with E-state index in [1.165, 1.54) is 50.6 Å². The third-order valence-electron chi connectivity index (χ3n) is 5.26. The molecule has 1 aliphatic rings. The van der Waals surface area contributed by atoms with Crippen molar-refractivity contribution in [2.24, 2.45) is 5.92 Å². The second-order valence-electron chi connectivity index (χ2n) is 6.75. The predicted octanol–water partition coefficient (Wildman–Crippen LogP) is 6.05. The molecule has 0 aromatic rings. The number of hydrogen-bond donors (Lipinski definition) is 0. The fourth-order valence-corrected chi connectivity index (χ4v) is 9.67. The van der Waals surface area contributed by atoms with Crippen LogP contribution < -0.4 is 0 Å². The standard InChI is InChI=1S/C18H33P/c1-6-10-13-17(8-3)16-19(5,14-11-15-19)18(9-4)12-7-2/h7,9,12,17H,2,4,6,8,10-11,13-16H2,1,3,5H3/b18-12+. The number of unbranched alkanes of at least 4 members (excludes halogenated alkanes) is 1. The zero-order valence-electron chi connectivity index (χ0n) is 13.3. The molecule has 1 heterocycles. The summed E-state index contributed by atoms with van der Waals surface area (Å²) in [4.78, 5) is 0. The summed E-state index contributed by atoms with van der Waals surface area (Å²) in [5.41, 5.74) is 0. The molecule has 0 nitrogen and oxygen atoms in total. The van der Waals surface area contributed by atoms with Crippen LogP contribution >= 0.6 is 6.60 Å². The zero-order valence-corrected chi connectivity index (χ0v) is 14.2. The zero-order chi connectivity index (χ0) is 14.4. The van der Waals surface area contributed by atoms with Gasteiger partial charge >= 0.3 is 120 Å². The van der Waals surface area contributed by atoms with Crippen LogP contribution in [0.15, 0.2) is 36.7 Å². The monoisotopic (exact) mass is 280 g/mol. The van der Waals surface area contributed by atoms with Gasteiger partial charge in [-0.15, -0.1) is 0 Å². The fourth-order valence-electron chi connectivity index (χ4n) is 3.78. The van der Waals surface area contributed by atoms with Crippen molar-refractivity contribution < 1.29 is 0 Å². The quantitative estimate of drug-likeness (QED) is 0.356. The van der Waals surface area contributed by atoms with E-state index in [-0.39, 0.29) is 0 Å². The summed E-state index contributed by atoms with van der Waals surface area (Å²) in [5.74, 6) is 0.913. The average Bonchev–Trinajstić information content (AvgIpc) is 2.39. The van der Waals surface area contributed by atoms with Crippen molar-refractivity contribution in [1.82, 2.24) is 0 Å². The predicted molar refractivity (Wildman–Crippen MR) is 93.8 cm³/mol. The molecule has 0 saturated carbocycles. The molecule has 110 valence electrons. The third-order valence-corrected chi connectivity index (χ3v) is 12.0. The van der Waals surface area contributed by atoms with Crippen molar-refractivity contribution in [1.29, 1.82) is 0 Å². The summed E-state index contributed by atoms with van der Waals surface area (Å²) in [6, 6.07) is 0. The van der Waals surface area contributed by atoms with E-state index in [1.54, 1.807) is 5.31 Å². The Bertz CT molecular complexity index is 347. The molecule has 0 N–H and O–H groups in total. The summed E-state index contributed by atoms with van der Waals surface area (Å²) in [6.45, 7) is 13.6. The van der Waals surface area contributed by atoms with Crippen molar-refractivity contribution in [2.75, 3.05) is 25.2 Å². The Morgan fingerprint density at radius 1 is 1.26 bits per heavy atom. The van der Waals surface area contributed by atoms with Crippen molar-refractivity contribution in [3.63, 3.8) is 0 Å². The fraction of sp³-hybridized carbons (Fsp3) is 0.667. The van der Waals surface area contributed by atoms with E-state index in [0.29, 0.717) is 0 Å². The second kappa shape index (κ2) is 6.89. The van der Waals surface area contributed by atoms with E-state index in [4.69, 9.17) is 0 Å². The van der Waals surface area contributed by atoms with Crippen molar-refractivity contribution >= 4 is 6.60 Å². The van der Waals surface area contributed by atoms with Crippen molar-refractivity contribution in [3.8, 4) is 0 Å². The van der Waals surface area contributed by atoms with Crippen LogP contribution in [0.5, 0.6) is 0 Å². The summed E-state index contributed by atoms with van der Waals surface area (Å²) in [7, 11) is 0. The summed E-state index contributed by atoms with van der Waals surface area (Å²) >= 11 is 0. The van der Waals surface area contributed by atoms with Gasteiger partial charge in [-0.05, 0) is 0 Å². The second-order valence-corrected chi connectivity index (χ2v) is 13.2. The van der Waals surface area contributed by atoms with Gasteiger partial charge in [0.15, 0.2) is 0 Å². The summed E-state index contributed by atoms with van der Waals surface area (Å²) in [6.07, 6.45) is 17.6. The first-order valence-corrected chi connectivity index (χ1v) is 11.2. The first-order valence-electron chi connectivity index (χ1n) is 7.99. The minimum atomic E-state index is -1.64. The normalized spacial score (nSPS) is 24.6. The Morgan fingerprint density at radius 2 is 1.95 bits per heavy atom. The maximum absolute atomic E-state index is 4.08. The minimum absolute atomic E-state index is 0.913. The van der Waals surface area contributed by atoms with Crippen molar-refractivity contribution in [2.45, 2.75) is 46.0 Å². The van der Waals surface area contributed by atoms with Gasteiger partial charge in [-0.1, -0.05) is 0 Å². The van der Waals surface area contributed by atoms with Crippen LogP contribution in [-0.4, -0.2) is 25.2 Å². The molecule has 0 aromatic heterocycles. The number of rotatable bonds is 9. The van der Waals surface area contributed by atoms with Gasteiger partial charge in [0, 0.05) is 0 Å². The molecule has 1 saturated heterocycles. The summed E-state index contributed by atoms with van der Waals surface area (Å²) < 4.78 is 0.